The molecule has 7 heteroatoms. The number of rotatable bonds is 2. The van der Waals surface area contributed by atoms with E-state index in [1.807, 2.05) is 38.5 Å². The second-order valence-electron chi connectivity index (χ2n) is 7.28. The number of hydrogen-bond acceptors (Lipinski definition) is 6. The van der Waals surface area contributed by atoms with Gasteiger partial charge < -0.3 is 10.2 Å². The fraction of sp³-hybridized carbons (Fsp3) is 0.609. The lowest BCUT2D eigenvalue weighted by atomic mass is 9.95. The summed E-state index contributed by atoms with van der Waals surface area (Å²) in [6.07, 6.45) is 9.49. The van der Waals surface area contributed by atoms with Crippen molar-refractivity contribution in [2.24, 2.45) is 0 Å². The lowest BCUT2D eigenvalue weighted by Crippen LogP contribution is -2.43. The van der Waals surface area contributed by atoms with Gasteiger partial charge in [-0.15, -0.1) is 11.3 Å². The summed E-state index contributed by atoms with van der Waals surface area (Å²) < 4.78 is 2.63. The number of piperazine rings is 1. The average molecular weight is 430 g/mol. The summed E-state index contributed by atoms with van der Waals surface area (Å²) >= 11 is 1.50. The predicted octanol–water partition coefficient (Wildman–Crippen LogP) is 4.97. The van der Waals surface area contributed by atoms with Gasteiger partial charge in [0.2, 0.25) is 0 Å². The van der Waals surface area contributed by atoms with E-state index in [0.29, 0.717) is 6.04 Å². The lowest BCUT2D eigenvalue weighted by molar-refractivity contribution is 0.345. The topological polar surface area (TPSA) is 63.1 Å². The van der Waals surface area contributed by atoms with Gasteiger partial charge in [0.15, 0.2) is 0 Å². The molecule has 1 aliphatic carbocycles. The summed E-state index contributed by atoms with van der Waals surface area (Å²) in [4.78, 5) is 25.8. The van der Waals surface area contributed by atoms with E-state index in [9.17, 15) is 4.79 Å². The van der Waals surface area contributed by atoms with Gasteiger partial charge in [0.05, 0.1) is 22.9 Å². The summed E-state index contributed by atoms with van der Waals surface area (Å²) in [6, 6.07) is 2.37. The van der Waals surface area contributed by atoms with Crippen LogP contribution in [0.2, 0.25) is 0 Å². The van der Waals surface area contributed by atoms with Crippen molar-refractivity contribution < 1.29 is 0 Å². The largest absolute Gasteiger partial charge is 0.368 e. The zero-order chi connectivity index (χ0) is 21.5. The molecule has 0 unspecified atom stereocenters. The first-order valence-corrected chi connectivity index (χ1v) is 12.4. The smallest absolute Gasteiger partial charge is 0.271 e. The van der Waals surface area contributed by atoms with E-state index in [1.165, 1.54) is 30.6 Å². The fourth-order valence-electron chi connectivity index (χ4n) is 4.34. The summed E-state index contributed by atoms with van der Waals surface area (Å²) in [6.45, 7) is 11.9. The second-order valence-corrected chi connectivity index (χ2v) is 8.27. The van der Waals surface area contributed by atoms with Crippen LogP contribution in [0, 0.1) is 0 Å². The van der Waals surface area contributed by atoms with Crippen molar-refractivity contribution in [1.29, 1.82) is 0 Å². The van der Waals surface area contributed by atoms with Crippen LogP contribution >= 0.6 is 11.3 Å². The quantitative estimate of drug-likeness (QED) is 0.623. The van der Waals surface area contributed by atoms with Gasteiger partial charge in [-0.05, 0) is 18.9 Å². The number of pyridine rings is 1. The molecule has 0 radical (unpaired) electrons. The number of anilines is 1. The maximum atomic E-state index is 13.2. The van der Waals surface area contributed by atoms with Crippen LogP contribution in [0.15, 0.2) is 23.4 Å². The minimum Gasteiger partial charge on any atom is -0.368 e. The van der Waals surface area contributed by atoms with Gasteiger partial charge in [-0.2, -0.15) is 0 Å². The summed E-state index contributed by atoms with van der Waals surface area (Å²) in [5, 5.41) is 4.44. The first-order valence-electron chi connectivity index (χ1n) is 11.6. The zero-order valence-electron chi connectivity index (χ0n) is 18.8. The standard InChI is InChI=1S/C19H23N5OS.2C2H6/c25-19-17-16(22-12-24(19)13-4-2-1-3-5-13)15-14(6-7-21-18(15)26-17)23-10-8-20-9-11-23;2*1-2/h6-7,12-13,20H,1-5,8-11H2;2*1-2H3. The van der Waals surface area contributed by atoms with E-state index < -0.39 is 0 Å². The lowest BCUT2D eigenvalue weighted by Gasteiger charge is -2.29. The molecule has 1 saturated heterocycles. The monoisotopic (exact) mass is 429 g/mol. The van der Waals surface area contributed by atoms with Crippen LogP contribution in [0.4, 0.5) is 5.69 Å². The molecule has 0 bridgehead atoms. The Kier molecular flexibility index (Phi) is 8.22. The Labute approximate surface area is 183 Å². The summed E-state index contributed by atoms with van der Waals surface area (Å²) in [7, 11) is 0. The molecule has 1 N–H and O–H groups in total. The molecule has 30 heavy (non-hydrogen) atoms. The van der Waals surface area contributed by atoms with Crippen LogP contribution in [0.1, 0.15) is 65.8 Å². The van der Waals surface area contributed by atoms with Crippen molar-refractivity contribution in [2.45, 2.75) is 65.8 Å². The number of hydrogen-bond donors (Lipinski definition) is 1. The third kappa shape index (κ3) is 4.37. The number of thiophene rings is 1. The Morgan fingerprint density at radius 2 is 1.73 bits per heavy atom. The summed E-state index contributed by atoms with van der Waals surface area (Å²) in [5.41, 5.74) is 2.09. The van der Waals surface area contributed by atoms with Gasteiger partial charge in [-0.1, -0.05) is 47.0 Å². The van der Waals surface area contributed by atoms with Crippen LogP contribution in [-0.2, 0) is 0 Å². The molecule has 0 aromatic carbocycles. The zero-order valence-corrected chi connectivity index (χ0v) is 19.6. The van der Waals surface area contributed by atoms with Gasteiger partial charge in [0.25, 0.3) is 5.56 Å². The van der Waals surface area contributed by atoms with Crippen LogP contribution in [0.3, 0.4) is 0 Å². The van der Waals surface area contributed by atoms with Crippen molar-refractivity contribution in [3.63, 3.8) is 0 Å². The van der Waals surface area contributed by atoms with Gasteiger partial charge >= 0.3 is 0 Å². The van der Waals surface area contributed by atoms with Gasteiger partial charge in [-0.25, -0.2) is 9.97 Å². The molecule has 3 aromatic heterocycles. The third-order valence-corrected chi connectivity index (χ3v) is 6.79. The molecule has 6 nitrogen and oxygen atoms in total. The first kappa shape index (κ1) is 22.7. The third-order valence-electron chi connectivity index (χ3n) is 5.71. The molecule has 0 atom stereocenters. The molecule has 1 saturated carbocycles. The van der Waals surface area contributed by atoms with Crippen LogP contribution < -0.4 is 15.8 Å². The maximum absolute atomic E-state index is 13.2. The van der Waals surface area contributed by atoms with Gasteiger partial charge in [0.1, 0.15) is 9.53 Å². The molecule has 1 aliphatic heterocycles. The minimum absolute atomic E-state index is 0.108. The molecule has 4 heterocycles. The van der Waals surface area contributed by atoms with Crippen LogP contribution in [0.25, 0.3) is 20.4 Å². The summed E-state index contributed by atoms with van der Waals surface area (Å²) in [5.74, 6) is 0. The fourth-order valence-corrected chi connectivity index (χ4v) is 5.39. The molecule has 164 valence electrons. The van der Waals surface area contributed by atoms with Crippen molar-refractivity contribution in [3.05, 3.63) is 28.9 Å². The number of nitrogens with one attached hydrogen (secondary N) is 1. The van der Waals surface area contributed by atoms with E-state index in [0.717, 1.165) is 65.1 Å². The molecule has 5 rings (SSSR count). The van der Waals surface area contributed by atoms with Crippen molar-refractivity contribution in [1.82, 2.24) is 19.9 Å². The van der Waals surface area contributed by atoms with Crippen LogP contribution in [0.5, 0.6) is 0 Å². The van der Waals surface area contributed by atoms with Crippen molar-refractivity contribution in [2.75, 3.05) is 31.1 Å². The Morgan fingerprint density at radius 3 is 2.43 bits per heavy atom. The normalized spacial score (nSPS) is 17.3. The highest BCUT2D eigenvalue weighted by Crippen LogP contribution is 2.36. The molecule has 0 spiro atoms. The highest BCUT2D eigenvalue weighted by atomic mass is 32.1. The minimum atomic E-state index is 0.108. The molecule has 2 fully saturated rings. The maximum Gasteiger partial charge on any atom is 0.271 e. The number of nitrogens with zero attached hydrogens (tertiary/aromatic N) is 4. The predicted molar refractivity (Wildman–Crippen MR) is 129 cm³/mol. The average Bonchev–Trinajstić information content (AvgIpc) is 3.23. The van der Waals surface area contributed by atoms with E-state index in [1.54, 1.807) is 6.33 Å². The Hall–Kier alpha value is -1.99. The highest BCUT2D eigenvalue weighted by Gasteiger charge is 2.22. The molecule has 0 amide bonds. The second kappa shape index (κ2) is 10.9. The van der Waals surface area contributed by atoms with E-state index in [-0.39, 0.29) is 5.56 Å². The molecule has 2 aliphatic rings. The molecular weight excluding hydrogens is 394 g/mol. The van der Waals surface area contributed by atoms with E-state index in [4.69, 9.17) is 4.98 Å². The molecule has 3 aromatic rings. The van der Waals surface area contributed by atoms with E-state index in [2.05, 4.69) is 21.3 Å². The number of fused-ring (bicyclic) bond motifs is 3. The first-order chi connectivity index (χ1) is 14.8. The Bertz CT molecular complexity index is 1000. The van der Waals surface area contributed by atoms with Crippen molar-refractivity contribution >= 4 is 37.5 Å². The SMILES string of the molecule is CC.CC.O=c1c2sc3nccc(N4CCNCC4)c3c2ncn1C1CCCCC1. The molecular formula is C23H35N5OS. The Morgan fingerprint density at radius 1 is 1.03 bits per heavy atom. The van der Waals surface area contributed by atoms with Crippen LogP contribution in [-0.4, -0.2) is 40.7 Å². The highest BCUT2D eigenvalue weighted by molar-refractivity contribution is 7.25. The Balaban J connectivity index is 0.000000606. The van der Waals surface area contributed by atoms with Crippen molar-refractivity contribution in [3.8, 4) is 0 Å². The number of aromatic nitrogens is 3. The van der Waals surface area contributed by atoms with E-state index >= 15 is 0 Å². The van der Waals surface area contributed by atoms with Gasteiger partial charge in [-0.3, -0.25) is 9.36 Å². The van der Waals surface area contributed by atoms with Gasteiger partial charge in [0, 0.05) is 38.4 Å².